The minimum absolute atomic E-state index is 0.0920. The molecule has 0 aromatic heterocycles. The van der Waals surface area contributed by atoms with Gasteiger partial charge in [-0.3, -0.25) is 0 Å². The minimum Gasteiger partial charge on any atom is -0.497 e. The Labute approximate surface area is 132 Å². The molecule has 0 saturated heterocycles. The first-order chi connectivity index (χ1) is 11.1. The highest BCUT2D eigenvalue weighted by Gasteiger charge is 2.04. The zero-order chi connectivity index (χ0) is 16.7. The lowest BCUT2D eigenvalue weighted by Gasteiger charge is -2.08. The number of nitrogens with two attached hydrogens (primary N) is 1. The van der Waals surface area contributed by atoms with Crippen LogP contribution in [-0.4, -0.2) is 19.7 Å². The lowest BCUT2D eigenvalue weighted by Crippen LogP contribution is -2.22. The topological polar surface area (TPSA) is 68.9 Å². The number of methoxy groups -OCH3 is 1. The third-order valence-corrected chi connectivity index (χ3v) is 2.92. The Morgan fingerprint density at radius 2 is 1.91 bits per heavy atom. The molecule has 2 rings (SSSR count). The lowest BCUT2D eigenvalue weighted by atomic mass is 10.2. The number of alkyl halides is 2. The fourth-order valence-corrected chi connectivity index (χ4v) is 1.86. The molecule has 0 bridgehead atoms. The maximum Gasteiger partial charge on any atom is 0.387 e. The predicted octanol–water partition coefficient (Wildman–Crippen LogP) is 3.22. The first kappa shape index (κ1) is 16.5. The normalized spacial score (nSPS) is 11.4. The third-order valence-electron chi connectivity index (χ3n) is 2.92. The van der Waals surface area contributed by atoms with E-state index in [0.717, 1.165) is 11.4 Å². The summed E-state index contributed by atoms with van der Waals surface area (Å²) in [6, 6.07) is 13.5. The Morgan fingerprint density at radius 1 is 1.17 bits per heavy atom. The molecule has 0 unspecified atom stereocenters. The zero-order valence-electron chi connectivity index (χ0n) is 12.5. The minimum atomic E-state index is -2.85. The summed E-state index contributed by atoms with van der Waals surface area (Å²) >= 11 is 0. The van der Waals surface area contributed by atoms with Crippen LogP contribution in [-0.2, 0) is 6.54 Å². The second-order valence-electron chi connectivity index (χ2n) is 4.58. The van der Waals surface area contributed by atoms with Crippen LogP contribution in [0.5, 0.6) is 11.5 Å². The first-order valence-corrected chi connectivity index (χ1v) is 6.81. The summed E-state index contributed by atoms with van der Waals surface area (Å²) < 4.78 is 33.8. The molecule has 0 fully saturated rings. The fraction of sp³-hybridized carbons (Fsp3) is 0.188. The Bertz CT molecular complexity index is 661. The fourth-order valence-electron chi connectivity index (χ4n) is 1.86. The predicted molar refractivity (Wildman–Crippen MR) is 85.0 cm³/mol. The highest BCUT2D eigenvalue weighted by Crippen LogP contribution is 2.17. The third kappa shape index (κ3) is 5.46. The van der Waals surface area contributed by atoms with Gasteiger partial charge in [-0.2, -0.15) is 8.78 Å². The van der Waals surface area contributed by atoms with Crippen LogP contribution in [0, 0.1) is 0 Å². The monoisotopic (exact) mass is 321 g/mol. The van der Waals surface area contributed by atoms with E-state index < -0.39 is 6.61 Å². The highest BCUT2D eigenvalue weighted by atomic mass is 19.3. The number of ether oxygens (including phenoxy) is 2. The molecule has 0 radical (unpaired) electrons. The van der Waals surface area contributed by atoms with Crippen molar-refractivity contribution in [1.29, 1.82) is 0 Å². The molecule has 0 amide bonds. The molecular weight excluding hydrogens is 304 g/mol. The van der Waals surface area contributed by atoms with Gasteiger partial charge in [0, 0.05) is 5.69 Å². The van der Waals surface area contributed by atoms with Crippen molar-refractivity contribution in [3.8, 4) is 11.5 Å². The molecule has 0 heterocycles. The van der Waals surface area contributed by atoms with Crippen LogP contribution < -0.4 is 20.5 Å². The van der Waals surface area contributed by atoms with E-state index in [1.165, 1.54) is 12.1 Å². The summed E-state index contributed by atoms with van der Waals surface area (Å²) in [6.07, 6.45) is 0. The van der Waals surface area contributed by atoms with Gasteiger partial charge in [0.2, 0.25) is 0 Å². The summed E-state index contributed by atoms with van der Waals surface area (Å²) in [5.41, 5.74) is 7.28. The van der Waals surface area contributed by atoms with E-state index in [1.807, 2.05) is 0 Å². The van der Waals surface area contributed by atoms with Crippen LogP contribution in [0.15, 0.2) is 53.5 Å². The van der Waals surface area contributed by atoms with Gasteiger partial charge in [0.15, 0.2) is 5.96 Å². The summed E-state index contributed by atoms with van der Waals surface area (Å²) in [5, 5.41) is 2.93. The van der Waals surface area contributed by atoms with Gasteiger partial charge in [-0.15, -0.1) is 0 Å². The molecule has 5 nitrogen and oxygen atoms in total. The molecular formula is C16H17F2N3O2. The second-order valence-corrected chi connectivity index (χ2v) is 4.58. The van der Waals surface area contributed by atoms with Crippen LogP contribution in [0.1, 0.15) is 5.56 Å². The number of anilines is 1. The van der Waals surface area contributed by atoms with Gasteiger partial charge in [0.05, 0.1) is 13.7 Å². The Morgan fingerprint density at radius 3 is 2.57 bits per heavy atom. The highest BCUT2D eigenvalue weighted by molar-refractivity contribution is 5.92. The van der Waals surface area contributed by atoms with Crippen LogP contribution in [0.4, 0.5) is 14.5 Å². The van der Waals surface area contributed by atoms with Crippen molar-refractivity contribution in [3.05, 3.63) is 54.1 Å². The van der Waals surface area contributed by atoms with Gasteiger partial charge < -0.3 is 20.5 Å². The molecule has 3 N–H and O–H groups in total. The number of hydrogen-bond donors (Lipinski definition) is 2. The van der Waals surface area contributed by atoms with E-state index in [-0.39, 0.29) is 18.3 Å². The van der Waals surface area contributed by atoms with Crippen molar-refractivity contribution >= 4 is 11.6 Å². The van der Waals surface area contributed by atoms with E-state index in [1.54, 1.807) is 43.5 Å². The van der Waals surface area contributed by atoms with Crippen LogP contribution in [0.2, 0.25) is 0 Å². The van der Waals surface area contributed by atoms with Gasteiger partial charge in [0.25, 0.3) is 0 Å². The molecule has 2 aromatic carbocycles. The van der Waals surface area contributed by atoms with E-state index in [9.17, 15) is 8.78 Å². The largest absolute Gasteiger partial charge is 0.497 e. The first-order valence-electron chi connectivity index (χ1n) is 6.81. The molecule has 122 valence electrons. The smallest absolute Gasteiger partial charge is 0.387 e. The number of nitrogens with one attached hydrogen (secondary N) is 1. The van der Waals surface area contributed by atoms with Gasteiger partial charge in [-0.05, 0) is 42.0 Å². The van der Waals surface area contributed by atoms with Crippen molar-refractivity contribution in [2.75, 3.05) is 12.4 Å². The van der Waals surface area contributed by atoms with E-state index in [0.29, 0.717) is 5.56 Å². The van der Waals surface area contributed by atoms with Crippen LogP contribution in [0.3, 0.4) is 0 Å². The molecule has 0 aliphatic heterocycles. The number of hydrogen-bond acceptors (Lipinski definition) is 3. The maximum absolute atomic E-state index is 12.2. The molecule has 2 aromatic rings. The van der Waals surface area contributed by atoms with Gasteiger partial charge in [0.1, 0.15) is 11.5 Å². The average molecular weight is 321 g/mol. The Balaban J connectivity index is 1.95. The van der Waals surface area contributed by atoms with E-state index in [4.69, 9.17) is 10.5 Å². The van der Waals surface area contributed by atoms with E-state index in [2.05, 4.69) is 15.0 Å². The summed E-state index contributed by atoms with van der Waals surface area (Å²) in [7, 11) is 1.59. The Kier molecular flexibility index (Phi) is 5.74. The van der Waals surface area contributed by atoms with E-state index >= 15 is 0 Å². The number of guanidine groups is 1. The SMILES string of the molecule is COc1ccc(NC(N)=NCc2cccc(OC(F)F)c2)cc1. The molecule has 0 atom stereocenters. The van der Waals surface area contributed by atoms with Crippen molar-refractivity contribution in [2.45, 2.75) is 13.2 Å². The number of benzene rings is 2. The molecule has 23 heavy (non-hydrogen) atoms. The van der Waals surface area contributed by atoms with Crippen LogP contribution in [0.25, 0.3) is 0 Å². The van der Waals surface area contributed by atoms with Gasteiger partial charge in [-0.25, -0.2) is 4.99 Å². The standard InChI is InChI=1S/C16H17F2N3O2/c1-22-13-7-5-12(6-8-13)21-16(19)20-10-11-3-2-4-14(9-11)23-15(17)18/h2-9,15H,10H2,1H3,(H3,19,20,21). The molecule has 0 spiro atoms. The summed E-state index contributed by atoms with van der Waals surface area (Å²) in [6.45, 7) is -2.61. The zero-order valence-corrected chi connectivity index (χ0v) is 12.5. The van der Waals surface area contributed by atoms with Gasteiger partial charge in [-0.1, -0.05) is 12.1 Å². The average Bonchev–Trinajstić information content (AvgIpc) is 2.53. The van der Waals surface area contributed by atoms with Crippen molar-refractivity contribution < 1.29 is 18.3 Å². The summed E-state index contributed by atoms with van der Waals surface area (Å²) in [5.74, 6) is 1.05. The number of rotatable bonds is 6. The van der Waals surface area contributed by atoms with Crippen LogP contribution >= 0.6 is 0 Å². The van der Waals surface area contributed by atoms with Crippen molar-refractivity contribution in [2.24, 2.45) is 10.7 Å². The molecule has 7 heteroatoms. The number of nitrogens with zero attached hydrogens (tertiary/aromatic N) is 1. The van der Waals surface area contributed by atoms with Crippen molar-refractivity contribution in [3.63, 3.8) is 0 Å². The van der Waals surface area contributed by atoms with Gasteiger partial charge >= 0.3 is 6.61 Å². The number of halogens is 2. The number of aliphatic imine (C=N–C) groups is 1. The molecule has 0 aliphatic rings. The Hall–Kier alpha value is -2.83. The van der Waals surface area contributed by atoms with Crippen molar-refractivity contribution in [1.82, 2.24) is 0 Å². The second kappa shape index (κ2) is 7.98. The lowest BCUT2D eigenvalue weighted by molar-refractivity contribution is -0.0498. The molecule has 0 saturated carbocycles. The maximum atomic E-state index is 12.2. The molecule has 0 aliphatic carbocycles. The quantitative estimate of drug-likeness (QED) is 0.633. The summed E-state index contributed by atoms with van der Waals surface area (Å²) in [4.78, 5) is 4.16.